The van der Waals surface area contributed by atoms with Crippen molar-refractivity contribution in [2.75, 3.05) is 18.5 Å². The first-order valence-corrected chi connectivity index (χ1v) is 7.50. The van der Waals surface area contributed by atoms with Crippen LogP contribution in [0.2, 0.25) is 0 Å². The molecule has 0 bridgehead atoms. The molecule has 0 unspecified atom stereocenters. The molecular weight excluding hydrogens is 304 g/mol. The largest absolute Gasteiger partial charge is 0.493 e. The minimum Gasteiger partial charge on any atom is -0.493 e. The molecule has 5 heteroatoms. The smallest absolute Gasteiger partial charge is 0.255 e. The Morgan fingerprint density at radius 2 is 1.96 bits per heavy atom. The molecule has 2 rings (SSSR count). The van der Waals surface area contributed by atoms with Crippen molar-refractivity contribution in [3.05, 3.63) is 59.7 Å². The van der Waals surface area contributed by atoms with Crippen LogP contribution < -0.4 is 15.4 Å². The number of para-hydroxylation sites is 1. The number of ether oxygens (including phenoxy) is 1. The van der Waals surface area contributed by atoms with E-state index in [1.54, 1.807) is 48.5 Å². The maximum absolute atomic E-state index is 12.2. The van der Waals surface area contributed by atoms with E-state index < -0.39 is 0 Å². The zero-order valence-corrected chi connectivity index (χ0v) is 13.3. The van der Waals surface area contributed by atoms with Gasteiger partial charge < -0.3 is 15.4 Å². The van der Waals surface area contributed by atoms with Crippen LogP contribution in [0.15, 0.2) is 48.5 Å². The van der Waals surface area contributed by atoms with E-state index in [0.29, 0.717) is 29.2 Å². The fourth-order valence-electron chi connectivity index (χ4n) is 2.08. The van der Waals surface area contributed by atoms with E-state index in [4.69, 9.17) is 11.2 Å². The molecule has 0 spiro atoms. The summed E-state index contributed by atoms with van der Waals surface area (Å²) >= 11 is 0. The van der Waals surface area contributed by atoms with Crippen molar-refractivity contribution in [1.29, 1.82) is 0 Å². The highest BCUT2D eigenvalue weighted by molar-refractivity contribution is 6.00. The first-order valence-electron chi connectivity index (χ1n) is 7.50. The van der Waals surface area contributed by atoms with E-state index in [-0.39, 0.29) is 18.4 Å². The molecule has 0 atom stereocenters. The highest BCUT2D eigenvalue weighted by atomic mass is 16.5. The third-order valence-corrected chi connectivity index (χ3v) is 3.15. The first kappa shape index (κ1) is 17.1. The lowest BCUT2D eigenvalue weighted by Gasteiger charge is -2.10. The summed E-state index contributed by atoms with van der Waals surface area (Å²) in [5.41, 5.74) is 1.64. The summed E-state index contributed by atoms with van der Waals surface area (Å²) in [6, 6.07) is 13.8. The highest BCUT2D eigenvalue weighted by Gasteiger charge is 2.13. The van der Waals surface area contributed by atoms with Gasteiger partial charge in [-0.15, -0.1) is 6.42 Å². The molecule has 2 N–H and O–H groups in total. The summed E-state index contributed by atoms with van der Waals surface area (Å²) in [6.07, 6.45) is 5.32. The van der Waals surface area contributed by atoms with E-state index in [9.17, 15) is 9.59 Å². The third kappa shape index (κ3) is 4.62. The number of hydrogen-bond donors (Lipinski definition) is 2. The van der Waals surface area contributed by atoms with Crippen LogP contribution in [0.4, 0.5) is 5.69 Å². The van der Waals surface area contributed by atoms with Crippen molar-refractivity contribution in [3.8, 4) is 18.1 Å². The summed E-state index contributed by atoms with van der Waals surface area (Å²) in [6.45, 7) is 2.14. The summed E-state index contributed by atoms with van der Waals surface area (Å²) in [4.78, 5) is 24.1. The molecular formula is C19H18N2O3. The number of anilines is 1. The molecule has 0 aliphatic heterocycles. The Morgan fingerprint density at radius 3 is 2.71 bits per heavy atom. The van der Waals surface area contributed by atoms with E-state index >= 15 is 0 Å². The van der Waals surface area contributed by atoms with Crippen LogP contribution in [0, 0.1) is 12.3 Å². The zero-order valence-electron chi connectivity index (χ0n) is 13.3. The van der Waals surface area contributed by atoms with Gasteiger partial charge in [0.05, 0.1) is 18.7 Å². The predicted molar refractivity (Wildman–Crippen MR) is 93.0 cm³/mol. The lowest BCUT2D eigenvalue weighted by molar-refractivity contribution is -0.115. The average molecular weight is 322 g/mol. The van der Waals surface area contributed by atoms with Gasteiger partial charge in [-0.2, -0.15) is 0 Å². The monoisotopic (exact) mass is 322 g/mol. The number of carbonyl (C=O) groups is 2. The second kappa shape index (κ2) is 8.39. The Bertz CT molecular complexity index is 778. The Hall–Kier alpha value is -3.26. The Labute approximate surface area is 141 Å². The number of rotatable bonds is 6. The number of terminal acetylenes is 1. The molecule has 0 fully saturated rings. The van der Waals surface area contributed by atoms with Gasteiger partial charge in [-0.1, -0.05) is 24.1 Å². The maximum atomic E-state index is 12.2. The summed E-state index contributed by atoms with van der Waals surface area (Å²) in [5, 5.41) is 5.26. The minimum atomic E-state index is -0.369. The molecule has 5 nitrogen and oxygen atoms in total. The minimum absolute atomic E-state index is 0.153. The molecule has 0 radical (unpaired) electrons. The Balaban J connectivity index is 1.94. The average Bonchev–Trinajstić information content (AvgIpc) is 2.60. The lowest BCUT2D eigenvalue weighted by Crippen LogP contribution is -2.33. The second-order valence-corrected chi connectivity index (χ2v) is 4.89. The zero-order chi connectivity index (χ0) is 17.4. The van der Waals surface area contributed by atoms with Crippen LogP contribution >= 0.6 is 0 Å². The number of nitrogens with one attached hydrogen (secondary N) is 2. The molecule has 0 aliphatic carbocycles. The van der Waals surface area contributed by atoms with Crippen molar-refractivity contribution in [2.24, 2.45) is 0 Å². The first-order chi connectivity index (χ1) is 11.6. The predicted octanol–water partition coefficient (Wildman–Crippen LogP) is 2.44. The van der Waals surface area contributed by atoms with Crippen LogP contribution in [-0.4, -0.2) is 25.0 Å². The Morgan fingerprint density at radius 1 is 1.17 bits per heavy atom. The van der Waals surface area contributed by atoms with Crippen LogP contribution in [0.3, 0.4) is 0 Å². The molecule has 0 aromatic heterocycles. The standard InChI is InChI=1S/C19H18N2O3/c1-3-14-8-7-9-15(12-14)21-18(22)13-20-19(23)16-10-5-6-11-17(16)24-4-2/h1,5-12H,4,13H2,2H3,(H,20,23)(H,21,22). The fourth-order valence-corrected chi connectivity index (χ4v) is 2.08. The van der Waals surface area contributed by atoms with Gasteiger partial charge in [0.15, 0.2) is 0 Å². The lowest BCUT2D eigenvalue weighted by atomic mass is 10.2. The molecule has 2 aromatic carbocycles. The fraction of sp³-hybridized carbons (Fsp3) is 0.158. The van der Waals surface area contributed by atoms with Crippen molar-refractivity contribution >= 4 is 17.5 Å². The maximum Gasteiger partial charge on any atom is 0.255 e. The van der Waals surface area contributed by atoms with Crippen LogP contribution in [-0.2, 0) is 4.79 Å². The summed E-state index contributed by atoms with van der Waals surface area (Å²) in [7, 11) is 0. The molecule has 2 aromatic rings. The van der Waals surface area contributed by atoms with Gasteiger partial charge >= 0.3 is 0 Å². The quantitative estimate of drug-likeness (QED) is 0.803. The summed E-state index contributed by atoms with van der Waals surface area (Å²) in [5.74, 6) is 2.27. The number of amides is 2. The van der Waals surface area contributed by atoms with E-state index in [1.165, 1.54) is 0 Å². The number of hydrogen-bond acceptors (Lipinski definition) is 3. The van der Waals surface area contributed by atoms with Gasteiger partial charge in [0.1, 0.15) is 5.75 Å². The van der Waals surface area contributed by atoms with Crippen LogP contribution in [0.5, 0.6) is 5.75 Å². The second-order valence-electron chi connectivity index (χ2n) is 4.89. The van der Waals surface area contributed by atoms with Gasteiger partial charge in [0.25, 0.3) is 5.91 Å². The van der Waals surface area contributed by atoms with Crippen molar-refractivity contribution in [1.82, 2.24) is 5.32 Å². The highest BCUT2D eigenvalue weighted by Crippen LogP contribution is 2.17. The van der Waals surface area contributed by atoms with Gasteiger partial charge in [-0.3, -0.25) is 9.59 Å². The van der Waals surface area contributed by atoms with E-state index in [1.807, 2.05) is 6.92 Å². The van der Waals surface area contributed by atoms with Gasteiger partial charge in [0.2, 0.25) is 5.91 Å². The third-order valence-electron chi connectivity index (χ3n) is 3.15. The van der Waals surface area contributed by atoms with Crippen LogP contribution in [0.1, 0.15) is 22.8 Å². The van der Waals surface area contributed by atoms with Crippen molar-refractivity contribution in [3.63, 3.8) is 0 Å². The van der Waals surface area contributed by atoms with Gasteiger partial charge in [-0.25, -0.2) is 0 Å². The topological polar surface area (TPSA) is 67.4 Å². The van der Waals surface area contributed by atoms with Gasteiger partial charge in [0, 0.05) is 11.3 Å². The SMILES string of the molecule is C#Cc1cccc(NC(=O)CNC(=O)c2ccccc2OCC)c1. The molecule has 0 aliphatic rings. The Kier molecular flexibility index (Phi) is 5.98. The number of benzene rings is 2. The molecule has 0 saturated carbocycles. The normalized spacial score (nSPS) is 9.67. The molecule has 0 heterocycles. The van der Waals surface area contributed by atoms with Crippen molar-refractivity contribution < 1.29 is 14.3 Å². The molecule has 0 saturated heterocycles. The van der Waals surface area contributed by atoms with Crippen molar-refractivity contribution in [2.45, 2.75) is 6.92 Å². The molecule has 24 heavy (non-hydrogen) atoms. The molecule has 122 valence electrons. The van der Waals surface area contributed by atoms with Crippen LogP contribution in [0.25, 0.3) is 0 Å². The molecule has 2 amide bonds. The van der Waals surface area contributed by atoms with E-state index in [2.05, 4.69) is 16.6 Å². The van der Waals surface area contributed by atoms with Gasteiger partial charge in [-0.05, 0) is 37.3 Å². The number of carbonyl (C=O) groups excluding carboxylic acids is 2. The summed E-state index contributed by atoms with van der Waals surface area (Å²) < 4.78 is 5.41. The van der Waals surface area contributed by atoms with E-state index in [0.717, 1.165) is 0 Å².